The standard InChI is InChI=1S/C35H22N2S/c1-3-10-23(11-4-1)26-21-30(24-12-5-2-6-13-24)36-33(22-26)37-19-18-25-20-29-27-14-7-8-17-32(27)38-35(29)28-15-9-16-31(37)34(25)28/h1-22H. The molecule has 0 N–H and O–H groups in total. The van der Waals surface area contributed by atoms with Crippen LogP contribution in [0.5, 0.6) is 0 Å². The highest BCUT2D eigenvalue weighted by Crippen LogP contribution is 2.46. The van der Waals surface area contributed by atoms with Gasteiger partial charge in [-0.15, -0.1) is 11.3 Å². The minimum atomic E-state index is 0.913. The van der Waals surface area contributed by atoms with Crippen LogP contribution in [0.15, 0.2) is 128 Å². The van der Waals surface area contributed by atoms with Gasteiger partial charge in [0.1, 0.15) is 5.82 Å². The Balaban J connectivity index is 1.37. The fraction of sp³-hybridized carbons (Fsp3) is 0. The summed E-state index contributed by atoms with van der Waals surface area (Å²) in [5.41, 5.74) is 6.83. The van der Waals surface area contributed by atoms with Gasteiger partial charge in [-0.3, -0.25) is 0 Å². The number of hydrogen-bond donors (Lipinski definition) is 0. The fourth-order valence-corrected chi connectivity index (χ4v) is 6.84. The third-order valence-corrected chi connectivity index (χ3v) is 8.63. The molecule has 8 rings (SSSR count). The van der Waals surface area contributed by atoms with Crippen LogP contribution >= 0.6 is 11.3 Å². The van der Waals surface area contributed by atoms with E-state index in [1.165, 1.54) is 42.1 Å². The van der Waals surface area contributed by atoms with Gasteiger partial charge in [0.05, 0.1) is 11.4 Å². The molecule has 7 aromatic rings. The molecule has 2 nitrogen and oxygen atoms in total. The summed E-state index contributed by atoms with van der Waals surface area (Å²) < 4.78 is 2.68. The second kappa shape index (κ2) is 8.41. The number of thiophene rings is 1. The van der Waals surface area contributed by atoms with Gasteiger partial charge >= 0.3 is 0 Å². The van der Waals surface area contributed by atoms with Crippen LogP contribution in [-0.4, -0.2) is 4.98 Å². The first-order valence-electron chi connectivity index (χ1n) is 12.8. The number of fused-ring (bicyclic) bond motifs is 4. The second-order valence-corrected chi connectivity index (χ2v) is 10.7. The van der Waals surface area contributed by atoms with Gasteiger partial charge in [0, 0.05) is 42.7 Å². The van der Waals surface area contributed by atoms with Crippen molar-refractivity contribution in [1.82, 2.24) is 4.98 Å². The predicted octanol–water partition coefficient (Wildman–Crippen LogP) is 10.1. The number of hydrogen-bond acceptors (Lipinski definition) is 3. The summed E-state index contributed by atoms with van der Waals surface area (Å²) in [6.45, 7) is 0. The molecule has 2 aromatic heterocycles. The normalized spacial score (nSPS) is 12.6. The fourth-order valence-electron chi connectivity index (χ4n) is 5.63. The first kappa shape index (κ1) is 21.4. The molecule has 38 heavy (non-hydrogen) atoms. The number of nitrogens with zero attached hydrogens (tertiary/aromatic N) is 2. The second-order valence-electron chi connectivity index (χ2n) is 9.66. The number of pyridine rings is 1. The first-order valence-corrected chi connectivity index (χ1v) is 13.6. The molecule has 1 aliphatic heterocycles. The minimum Gasteiger partial charge on any atom is -0.301 e. The molecule has 0 saturated heterocycles. The average molecular weight is 503 g/mol. The van der Waals surface area contributed by atoms with Crippen LogP contribution in [0.4, 0.5) is 11.5 Å². The molecule has 3 heteroatoms. The summed E-state index contributed by atoms with van der Waals surface area (Å²) in [5, 5.41) is 5.24. The van der Waals surface area contributed by atoms with Crippen molar-refractivity contribution in [2.75, 3.05) is 4.90 Å². The van der Waals surface area contributed by atoms with E-state index in [0.717, 1.165) is 28.3 Å². The van der Waals surface area contributed by atoms with Crippen LogP contribution in [0.3, 0.4) is 0 Å². The van der Waals surface area contributed by atoms with Crippen LogP contribution < -0.4 is 4.90 Å². The van der Waals surface area contributed by atoms with Crippen LogP contribution in [0, 0.1) is 0 Å². The van der Waals surface area contributed by atoms with Gasteiger partial charge in [-0.05, 0) is 53.1 Å². The van der Waals surface area contributed by atoms with Crippen LogP contribution in [0.25, 0.3) is 59.4 Å². The maximum atomic E-state index is 5.19. The van der Waals surface area contributed by atoms with Crippen molar-refractivity contribution in [3.63, 3.8) is 0 Å². The zero-order valence-corrected chi connectivity index (χ0v) is 21.3. The Morgan fingerprint density at radius 2 is 1.32 bits per heavy atom. The molecule has 0 bridgehead atoms. The van der Waals surface area contributed by atoms with Crippen molar-refractivity contribution >= 4 is 59.9 Å². The van der Waals surface area contributed by atoms with Gasteiger partial charge in [0.2, 0.25) is 0 Å². The summed E-state index contributed by atoms with van der Waals surface area (Å²) in [7, 11) is 0. The van der Waals surface area contributed by atoms with E-state index in [9.17, 15) is 0 Å². The van der Waals surface area contributed by atoms with E-state index in [1.54, 1.807) is 0 Å². The van der Waals surface area contributed by atoms with Crippen molar-refractivity contribution in [2.24, 2.45) is 0 Å². The number of rotatable bonds is 3. The Bertz CT molecular complexity index is 1960. The minimum absolute atomic E-state index is 0.913. The molecule has 178 valence electrons. The molecule has 0 amide bonds. The predicted molar refractivity (Wildman–Crippen MR) is 163 cm³/mol. The molecule has 0 saturated carbocycles. The SMILES string of the molecule is C1=CN(c2cc(-c3ccccc3)cc(-c3ccccc3)n2)c2cccc3c2c1cc1c2ccccc2sc31. The molecule has 0 unspecified atom stereocenters. The summed E-state index contributed by atoms with van der Waals surface area (Å²) >= 11 is 1.88. The zero-order valence-electron chi connectivity index (χ0n) is 20.5. The molecular weight excluding hydrogens is 480 g/mol. The van der Waals surface area contributed by atoms with Crippen molar-refractivity contribution in [1.29, 1.82) is 0 Å². The summed E-state index contributed by atoms with van der Waals surface area (Å²) in [4.78, 5) is 7.43. The van der Waals surface area contributed by atoms with Crippen molar-refractivity contribution in [3.05, 3.63) is 133 Å². The number of anilines is 2. The van der Waals surface area contributed by atoms with Crippen molar-refractivity contribution in [3.8, 4) is 22.4 Å². The highest BCUT2D eigenvalue weighted by molar-refractivity contribution is 7.26. The largest absolute Gasteiger partial charge is 0.301 e. The van der Waals surface area contributed by atoms with E-state index < -0.39 is 0 Å². The van der Waals surface area contributed by atoms with E-state index in [-0.39, 0.29) is 0 Å². The zero-order chi connectivity index (χ0) is 25.1. The van der Waals surface area contributed by atoms with Crippen molar-refractivity contribution in [2.45, 2.75) is 0 Å². The molecule has 3 heterocycles. The van der Waals surface area contributed by atoms with Crippen LogP contribution in [0.2, 0.25) is 0 Å². The average Bonchev–Trinajstić information content (AvgIpc) is 3.37. The third kappa shape index (κ3) is 3.29. The smallest absolute Gasteiger partial charge is 0.138 e. The lowest BCUT2D eigenvalue weighted by Crippen LogP contribution is -2.14. The van der Waals surface area contributed by atoms with Crippen molar-refractivity contribution < 1.29 is 0 Å². The summed E-state index contributed by atoms with van der Waals surface area (Å²) in [5.74, 6) is 0.913. The monoisotopic (exact) mass is 502 g/mol. The first-order chi connectivity index (χ1) is 18.8. The summed E-state index contributed by atoms with van der Waals surface area (Å²) in [6.07, 6.45) is 4.41. The van der Waals surface area contributed by atoms with Gasteiger partial charge in [-0.25, -0.2) is 4.98 Å². The Kier molecular flexibility index (Phi) is 4.73. The van der Waals surface area contributed by atoms with Gasteiger partial charge in [-0.2, -0.15) is 0 Å². The summed E-state index contributed by atoms with van der Waals surface area (Å²) in [6, 6.07) is 43.1. The molecule has 0 aliphatic carbocycles. The molecule has 0 radical (unpaired) electrons. The maximum absolute atomic E-state index is 5.19. The molecule has 0 atom stereocenters. The third-order valence-electron chi connectivity index (χ3n) is 7.41. The Morgan fingerprint density at radius 1 is 0.579 bits per heavy atom. The van der Waals surface area contributed by atoms with E-state index in [1.807, 2.05) is 17.4 Å². The topological polar surface area (TPSA) is 16.1 Å². The molecular formula is C35H22N2S. The molecule has 5 aromatic carbocycles. The van der Waals surface area contributed by atoms with Gasteiger partial charge in [0.15, 0.2) is 0 Å². The molecule has 0 spiro atoms. The highest BCUT2D eigenvalue weighted by atomic mass is 32.1. The van der Waals surface area contributed by atoms with E-state index >= 15 is 0 Å². The van der Waals surface area contributed by atoms with Gasteiger partial charge < -0.3 is 4.90 Å². The quantitative estimate of drug-likeness (QED) is 0.239. The van der Waals surface area contributed by atoms with E-state index in [4.69, 9.17) is 4.98 Å². The van der Waals surface area contributed by atoms with Crippen LogP contribution in [0.1, 0.15) is 5.56 Å². The highest BCUT2D eigenvalue weighted by Gasteiger charge is 2.21. The van der Waals surface area contributed by atoms with E-state index in [2.05, 4.69) is 132 Å². The Hall–Kier alpha value is -4.73. The molecule has 1 aliphatic rings. The van der Waals surface area contributed by atoms with Gasteiger partial charge in [0.25, 0.3) is 0 Å². The molecule has 0 fully saturated rings. The lowest BCUT2D eigenvalue weighted by Gasteiger charge is -2.27. The lowest BCUT2D eigenvalue weighted by atomic mass is 9.96. The Labute approximate surface area is 224 Å². The van der Waals surface area contributed by atoms with E-state index in [0.29, 0.717) is 0 Å². The van der Waals surface area contributed by atoms with Gasteiger partial charge in [-0.1, -0.05) is 91.0 Å². The Morgan fingerprint density at radius 3 is 2.16 bits per heavy atom. The number of aromatic nitrogens is 1. The lowest BCUT2D eigenvalue weighted by molar-refractivity contribution is 1.19. The maximum Gasteiger partial charge on any atom is 0.138 e. The number of benzene rings is 5. The van der Waals surface area contributed by atoms with Crippen LogP contribution in [-0.2, 0) is 0 Å².